The van der Waals surface area contributed by atoms with Crippen LogP contribution in [0.3, 0.4) is 0 Å². The molecule has 72 valence electrons. The fourth-order valence-corrected chi connectivity index (χ4v) is 1.49. The highest BCUT2D eigenvalue weighted by Crippen LogP contribution is 2.38. The molecule has 1 heterocycles. The molecule has 1 aliphatic rings. The van der Waals surface area contributed by atoms with E-state index in [1.165, 1.54) is 5.56 Å². The molecule has 0 spiro atoms. The maximum absolute atomic E-state index is 5.78. The highest BCUT2D eigenvalue weighted by atomic mass is 15.3. The molecule has 1 saturated carbocycles. The summed E-state index contributed by atoms with van der Waals surface area (Å²) in [6, 6.07) is 0.373. The third-order valence-electron chi connectivity index (χ3n) is 2.56. The Bertz CT molecular complexity index is 308. The second kappa shape index (κ2) is 2.58. The molecule has 2 N–H and O–H groups in total. The van der Waals surface area contributed by atoms with Crippen molar-refractivity contribution in [2.24, 2.45) is 5.73 Å². The maximum Gasteiger partial charge on any atom is 0.0543 e. The molecule has 1 fully saturated rings. The van der Waals surface area contributed by atoms with Crippen LogP contribution in [0.25, 0.3) is 0 Å². The van der Waals surface area contributed by atoms with Crippen molar-refractivity contribution in [2.75, 3.05) is 0 Å². The second-order valence-corrected chi connectivity index (χ2v) is 4.90. The minimum Gasteiger partial charge on any atom is -0.327 e. The first-order valence-electron chi connectivity index (χ1n) is 4.79. The lowest BCUT2D eigenvalue weighted by atomic mass is 10.1. The van der Waals surface area contributed by atoms with E-state index in [9.17, 15) is 0 Å². The lowest BCUT2D eigenvalue weighted by Gasteiger charge is -2.18. The zero-order chi connectivity index (χ0) is 9.64. The molecular formula is C10H17N3. The fraction of sp³-hybridized carbons (Fsp3) is 0.700. The molecule has 1 aliphatic carbocycles. The molecule has 0 bridgehead atoms. The Morgan fingerprint density at radius 1 is 1.54 bits per heavy atom. The fourth-order valence-electron chi connectivity index (χ4n) is 1.49. The number of hydrogen-bond donors (Lipinski definition) is 1. The van der Waals surface area contributed by atoms with Crippen LogP contribution in [0.15, 0.2) is 12.4 Å². The topological polar surface area (TPSA) is 43.8 Å². The minimum atomic E-state index is 0.0806. The van der Waals surface area contributed by atoms with Crippen LogP contribution in [-0.4, -0.2) is 15.8 Å². The van der Waals surface area contributed by atoms with Crippen LogP contribution in [-0.2, 0) is 5.54 Å². The van der Waals surface area contributed by atoms with Crippen LogP contribution < -0.4 is 5.73 Å². The Labute approximate surface area is 78.9 Å². The highest BCUT2D eigenvalue weighted by molar-refractivity contribution is 5.22. The minimum absolute atomic E-state index is 0.0806. The summed E-state index contributed by atoms with van der Waals surface area (Å²) in [6.45, 7) is 6.45. The first-order valence-corrected chi connectivity index (χ1v) is 4.79. The number of rotatable bonds is 1. The second-order valence-electron chi connectivity index (χ2n) is 4.90. The Morgan fingerprint density at radius 2 is 2.15 bits per heavy atom. The SMILES string of the molecule is CC(C)(C)n1cc(C2CC2N)cn1. The van der Waals surface area contributed by atoms with Crippen molar-refractivity contribution in [3.8, 4) is 0 Å². The number of nitrogens with zero attached hydrogens (tertiary/aromatic N) is 2. The van der Waals surface area contributed by atoms with Gasteiger partial charge in [0.15, 0.2) is 0 Å². The Morgan fingerprint density at radius 3 is 2.54 bits per heavy atom. The van der Waals surface area contributed by atoms with E-state index in [4.69, 9.17) is 5.73 Å². The van der Waals surface area contributed by atoms with Crippen LogP contribution in [0.5, 0.6) is 0 Å². The van der Waals surface area contributed by atoms with E-state index in [2.05, 4.69) is 32.1 Å². The molecule has 1 aromatic heterocycles. The molecule has 1 aromatic rings. The molecule has 2 rings (SSSR count). The van der Waals surface area contributed by atoms with E-state index in [-0.39, 0.29) is 5.54 Å². The smallest absolute Gasteiger partial charge is 0.0543 e. The quantitative estimate of drug-likeness (QED) is 0.709. The molecule has 13 heavy (non-hydrogen) atoms. The number of nitrogens with two attached hydrogens (primary N) is 1. The molecule has 3 nitrogen and oxygen atoms in total. The zero-order valence-electron chi connectivity index (χ0n) is 8.49. The van der Waals surface area contributed by atoms with Crippen LogP contribution in [0, 0.1) is 0 Å². The van der Waals surface area contributed by atoms with Crippen LogP contribution >= 0.6 is 0 Å². The van der Waals surface area contributed by atoms with Crippen molar-refractivity contribution in [1.29, 1.82) is 0 Å². The zero-order valence-corrected chi connectivity index (χ0v) is 8.49. The van der Waals surface area contributed by atoms with Gasteiger partial charge in [0.1, 0.15) is 0 Å². The van der Waals surface area contributed by atoms with E-state index in [1.54, 1.807) is 0 Å². The standard InChI is InChI=1S/C10H17N3/c1-10(2,3)13-6-7(5-12-13)8-4-9(8)11/h5-6,8-9H,4,11H2,1-3H3. The lowest BCUT2D eigenvalue weighted by Crippen LogP contribution is -2.21. The molecule has 0 amide bonds. The predicted molar refractivity (Wildman–Crippen MR) is 52.6 cm³/mol. The van der Waals surface area contributed by atoms with Gasteiger partial charge in [-0.25, -0.2) is 0 Å². The summed E-state index contributed by atoms with van der Waals surface area (Å²) >= 11 is 0. The third kappa shape index (κ3) is 1.61. The summed E-state index contributed by atoms with van der Waals surface area (Å²) in [4.78, 5) is 0. The highest BCUT2D eigenvalue weighted by Gasteiger charge is 2.36. The average Bonchev–Trinajstić information content (AvgIpc) is 2.57. The largest absolute Gasteiger partial charge is 0.327 e. The van der Waals surface area contributed by atoms with Gasteiger partial charge in [0, 0.05) is 18.2 Å². The summed E-state index contributed by atoms with van der Waals surface area (Å²) in [7, 11) is 0. The van der Waals surface area contributed by atoms with Gasteiger partial charge in [-0.2, -0.15) is 5.10 Å². The monoisotopic (exact) mass is 179 g/mol. The van der Waals surface area contributed by atoms with Gasteiger partial charge >= 0.3 is 0 Å². The summed E-state index contributed by atoms with van der Waals surface area (Å²) in [5.74, 6) is 0.566. The van der Waals surface area contributed by atoms with Gasteiger partial charge in [0.05, 0.1) is 11.7 Å². The maximum atomic E-state index is 5.78. The molecule has 0 saturated heterocycles. The molecule has 0 aliphatic heterocycles. The predicted octanol–water partition coefficient (Wildman–Crippen LogP) is 1.45. The van der Waals surface area contributed by atoms with Gasteiger partial charge in [0.25, 0.3) is 0 Å². The first kappa shape index (κ1) is 8.75. The number of hydrogen-bond acceptors (Lipinski definition) is 2. The van der Waals surface area contributed by atoms with Crippen molar-refractivity contribution < 1.29 is 0 Å². The Hall–Kier alpha value is -0.830. The van der Waals surface area contributed by atoms with Crippen molar-refractivity contribution in [2.45, 2.75) is 44.7 Å². The Balaban J connectivity index is 2.19. The summed E-state index contributed by atoms with van der Waals surface area (Å²) < 4.78 is 2.01. The van der Waals surface area contributed by atoms with Crippen molar-refractivity contribution >= 4 is 0 Å². The van der Waals surface area contributed by atoms with E-state index in [1.807, 2.05) is 10.9 Å². The van der Waals surface area contributed by atoms with Crippen LogP contribution in [0.4, 0.5) is 0 Å². The third-order valence-corrected chi connectivity index (χ3v) is 2.56. The molecule has 0 radical (unpaired) electrons. The molecule has 0 aromatic carbocycles. The molecule has 3 heteroatoms. The summed E-state index contributed by atoms with van der Waals surface area (Å²) in [6.07, 6.45) is 5.19. The molecule has 2 unspecified atom stereocenters. The normalized spacial score (nSPS) is 27.7. The van der Waals surface area contributed by atoms with Gasteiger partial charge in [-0.1, -0.05) is 0 Å². The molecule has 2 atom stereocenters. The first-order chi connectivity index (χ1) is 5.98. The van der Waals surface area contributed by atoms with Crippen molar-refractivity contribution in [3.05, 3.63) is 18.0 Å². The summed E-state index contributed by atoms with van der Waals surface area (Å²) in [5, 5.41) is 4.34. The molecular weight excluding hydrogens is 162 g/mol. The van der Waals surface area contributed by atoms with Gasteiger partial charge in [-0.15, -0.1) is 0 Å². The lowest BCUT2D eigenvalue weighted by molar-refractivity contribution is 0.355. The van der Waals surface area contributed by atoms with Gasteiger partial charge < -0.3 is 5.73 Å². The summed E-state index contributed by atoms with van der Waals surface area (Å²) in [5.41, 5.74) is 7.15. The van der Waals surface area contributed by atoms with E-state index >= 15 is 0 Å². The van der Waals surface area contributed by atoms with Gasteiger partial charge in [-0.05, 0) is 32.8 Å². The van der Waals surface area contributed by atoms with E-state index < -0.39 is 0 Å². The average molecular weight is 179 g/mol. The Kier molecular flexibility index (Phi) is 1.74. The number of aromatic nitrogens is 2. The van der Waals surface area contributed by atoms with E-state index in [0.717, 1.165) is 6.42 Å². The van der Waals surface area contributed by atoms with Crippen molar-refractivity contribution in [1.82, 2.24) is 9.78 Å². The van der Waals surface area contributed by atoms with Crippen molar-refractivity contribution in [3.63, 3.8) is 0 Å². The van der Waals surface area contributed by atoms with Crippen LogP contribution in [0.2, 0.25) is 0 Å². The van der Waals surface area contributed by atoms with Gasteiger partial charge in [-0.3, -0.25) is 4.68 Å². The van der Waals surface area contributed by atoms with E-state index in [0.29, 0.717) is 12.0 Å². The van der Waals surface area contributed by atoms with Gasteiger partial charge in [0.2, 0.25) is 0 Å². The van der Waals surface area contributed by atoms with Crippen LogP contribution in [0.1, 0.15) is 38.7 Å².